The molecule has 0 radical (unpaired) electrons. The number of benzene rings is 2. The van der Waals surface area contributed by atoms with Crippen molar-refractivity contribution in [1.29, 1.82) is 0 Å². The van der Waals surface area contributed by atoms with Gasteiger partial charge in [0.25, 0.3) is 0 Å². The van der Waals surface area contributed by atoms with E-state index >= 15 is 0 Å². The van der Waals surface area contributed by atoms with Gasteiger partial charge in [0, 0.05) is 23.3 Å². The van der Waals surface area contributed by atoms with Crippen LogP contribution in [-0.4, -0.2) is 30.4 Å². The maximum absolute atomic E-state index is 12.9. The molecule has 6 rings (SSSR count). The van der Waals surface area contributed by atoms with Crippen LogP contribution in [0.5, 0.6) is 5.75 Å². The molecule has 4 aliphatic carbocycles. The minimum atomic E-state index is -5.79. The number of fused-ring (bicyclic) bond motifs is 4. The number of carbonyl (C=O) groups excluding carboxylic acids is 1. The van der Waals surface area contributed by atoms with Gasteiger partial charge in [0.1, 0.15) is 11.4 Å². The first kappa shape index (κ1) is 28.8. The van der Waals surface area contributed by atoms with E-state index in [4.69, 9.17) is 0 Å². The summed E-state index contributed by atoms with van der Waals surface area (Å²) in [5, 5.41) is 12.1. The Morgan fingerprint density at radius 3 is 2.40 bits per heavy atom. The number of rotatable bonds is 3. The van der Waals surface area contributed by atoms with Crippen LogP contribution in [-0.2, 0) is 14.9 Å². The summed E-state index contributed by atoms with van der Waals surface area (Å²) < 4.78 is 66.1. The lowest BCUT2D eigenvalue weighted by Gasteiger charge is -2.53. The van der Waals surface area contributed by atoms with Gasteiger partial charge in [-0.25, -0.2) is 0 Å². The molecule has 0 bridgehead atoms. The largest absolute Gasteiger partial charge is 0.534 e. The van der Waals surface area contributed by atoms with Crippen molar-refractivity contribution < 1.29 is 35.7 Å². The molecule has 2 saturated carbocycles. The van der Waals surface area contributed by atoms with E-state index in [0.717, 1.165) is 36.0 Å². The number of alkyl halides is 3. The predicted molar refractivity (Wildman–Crippen MR) is 151 cm³/mol. The summed E-state index contributed by atoms with van der Waals surface area (Å²) in [5.74, 6) is 6.23. The Kier molecular flexibility index (Phi) is 6.94. The highest BCUT2D eigenvalue weighted by Gasteiger charge is 2.62. The molecule has 2 aromatic rings. The fourth-order valence-corrected chi connectivity index (χ4v) is 8.26. The fourth-order valence-electron chi connectivity index (χ4n) is 7.80. The highest BCUT2D eigenvalue weighted by Crippen LogP contribution is 2.66. The fraction of sp³-hybridized carbons (Fsp3) is 0.424. The van der Waals surface area contributed by atoms with Crippen molar-refractivity contribution in [2.75, 3.05) is 0 Å². The molecule has 5 nitrogen and oxygen atoms in total. The van der Waals surface area contributed by atoms with Crippen LogP contribution in [0.4, 0.5) is 13.2 Å². The molecule has 1 N–H and O–H groups in total. The van der Waals surface area contributed by atoms with Gasteiger partial charge in [-0.05, 0) is 97.4 Å². The zero-order valence-corrected chi connectivity index (χ0v) is 23.9. The van der Waals surface area contributed by atoms with Crippen LogP contribution in [0, 0.1) is 29.1 Å². The van der Waals surface area contributed by atoms with Crippen LogP contribution in [0.25, 0.3) is 0 Å². The van der Waals surface area contributed by atoms with Gasteiger partial charge in [-0.3, -0.25) is 4.79 Å². The summed E-state index contributed by atoms with van der Waals surface area (Å²) >= 11 is 0. The number of aliphatic hydroxyl groups is 1. The minimum absolute atomic E-state index is 0.115. The van der Waals surface area contributed by atoms with E-state index in [1.54, 1.807) is 18.2 Å². The normalized spacial score (nSPS) is 30.8. The lowest BCUT2D eigenvalue weighted by Crippen LogP contribution is -2.51. The molecule has 0 aliphatic heterocycles. The van der Waals surface area contributed by atoms with Gasteiger partial charge < -0.3 is 9.29 Å². The third kappa shape index (κ3) is 4.79. The van der Waals surface area contributed by atoms with Gasteiger partial charge in [-0.2, -0.15) is 21.6 Å². The average Bonchev–Trinajstić information content (AvgIpc) is 3.21. The summed E-state index contributed by atoms with van der Waals surface area (Å²) in [7, 11) is -5.79. The van der Waals surface area contributed by atoms with Gasteiger partial charge in [0.05, 0.1) is 0 Å². The molecule has 0 aromatic heterocycles. The van der Waals surface area contributed by atoms with E-state index in [0.29, 0.717) is 25.7 Å². The van der Waals surface area contributed by atoms with Crippen molar-refractivity contribution in [1.82, 2.24) is 0 Å². The number of halogens is 3. The molecule has 0 heterocycles. The summed E-state index contributed by atoms with van der Waals surface area (Å²) in [4.78, 5) is 12.3. The Hall–Kier alpha value is -3.35. The van der Waals surface area contributed by atoms with Crippen molar-refractivity contribution in [2.45, 2.75) is 68.9 Å². The maximum atomic E-state index is 12.9. The molecule has 0 amide bonds. The van der Waals surface area contributed by atoms with E-state index in [1.165, 1.54) is 23.3 Å². The lowest BCUT2D eigenvalue weighted by atomic mass is 9.51. The highest BCUT2D eigenvalue weighted by atomic mass is 32.2. The number of hydrogen-bond acceptors (Lipinski definition) is 5. The zero-order chi connectivity index (χ0) is 29.9. The van der Waals surface area contributed by atoms with Crippen molar-refractivity contribution in [3.8, 4) is 17.6 Å². The monoisotopic (exact) mass is 596 g/mol. The Bertz CT molecular complexity index is 1650. The van der Waals surface area contributed by atoms with E-state index in [2.05, 4.69) is 22.9 Å². The molecule has 42 heavy (non-hydrogen) atoms. The first-order valence-corrected chi connectivity index (χ1v) is 15.6. The number of ketones is 1. The Labute approximate surface area is 243 Å². The number of hydrogen-bond donors (Lipinski definition) is 1. The molecule has 5 atom stereocenters. The predicted octanol–water partition coefficient (Wildman–Crippen LogP) is 6.60. The molecule has 4 aliphatic rings. The smallest absolute Gasteiger partial charge is 0.377 e. The Balaban J connectivity index is 1.42. The second-order valence-electron chi connectivity index (χ2n) is 12.1. The van der Waals surface area contributed by atoms with E-state index in [9.17, 15) is 31.5 Å². The molecule has 220 valence electrons. The molecule has 0 saturated heterocycles. The molecule has 0 unspecified atom stereocenters. The van der Waals surface area contributed by atoms with Crippen molar-refractivity contribution in [3.05, 3.63) is 88.5 Å². The second kappa shape index (κ2) is 10.1. The molecule has 2 aromatic carbocycles. The molecule has 0 spiro atoms. The van der Waals surface area contributed by atoms with Crippen LogP contribution in [0.3, 0.4) is 0 Å². The summed E-state index contributed by atoms with van der Waals surface area (Å²) in [5.41, 5.74) is -2.27. The molecule has 2 fully saturated rings. The third-order valence-electron chi connectivity index (χ3n) is 9.85. The van der Waals surface area contributed by atoms with E-state index in [1.807, 2.05) is 30.3 Å². The molecular formula is C33H31F3O5S. The zero-order valence-electron chi connectivity index (χ0n) is 23.1. The average molecular weight is 597 g/mol. The lowest BCUT2D eigenvalue weighted by molar-refractivity contribution is -0.114. The van der Waals surface area contributed by atoms with Crippen molar-refractivity contribution >= 4 is 15.9 Å². The summed E-state index contributed by atoms with van der Waals surface area (Å²) in [6.45, 7) is 2.10. The van der Waals surface area contributed by atoms with Crippen molar-refractivity contribution in [3.63, 3.8) is 0 Å². The third-order valence-corrected chi connectivity index (χ3v) is 10.8. The first-order valence-electron chi connectivity index (χ1n) is 14.2. The minimum Gasteiger partial charge on any atom is -0.377 e. The van der Waals surface area contributed by atoms with Gasteiger partial charge in [-0.15, -0.1) is 0 Å². The topological polar surface area (TPSA) is 80.7 Å². The summed E-state index contributed by atoms with van der Waals surface area (Å²) in [6, 6.07) is 15.2. The molecular weight excluding hydrogens is 565 g/mol. The quantitative estimate of drug-likeness (QED) is 0.246. The van der Waals surface area contributed by atoms with Gasteiger partial charge >= 0.3 is 15.6 Å². The number of allylic oxidation sites excluding steroid dienone is 4. The van der Waals surface area contributed by atoms with Crippen LogP contribution in [0.15, 0.2) is 77.4 Å². The second-order valence-corrected chi connectivity index (χ2v) is 13.6. The van der Waals surface area contributed by atoms with Gasteiger partial charge in [0.2, 0.25) is 0 Å². The number of carbonyl (C=O) groups is 1. The Morgan fingerprint density at radius 2 is 1.71 bits per heavy atom. The van der Waals surface area contributed by atoms with Crippen LogP contribution < -0.4 is 4.18 Å². The van der Waals surface area contributed by atoms with Crippen LogP contribution in [0.2, 0.25) is 0 Å². The van der Waals surface area contributed by atoms with Crippen LogP contribution >= 0.6 is 0 Å². The van der Waals surface area contributed by atoms with Crippen molar-refractivity contribution in [2.24, 2.45) is 17.3 Å². The summed E-state index contributed by atoms with van der Waals surface area (Å²) in [6.07, 6.45) is 6.33. The Morgan fingerprint density at radius 1 is 1.00 bits per heavy atom. The highest BCUT2D eigenvalue weighted by molar-refractivity contribution is 7.88. The maximum Gasteiger partial charge on any atom is 0.534 e. The van der Waals surface area contributed by atoms with Crippen LogP contribution in [0.1, 0.15) is 68.9 Å². The van der Waals surface area contributed by atoms with Gasteiger partial charge in [-0.1, -0.05) is 54.7 Å². The van der Waals surface area contributed by atoms with Gasteiger partial charge in [0.15, 0.2) is 5.78 Å². The van der Waals surface area contributed by atoms with E-state index < -0.39 is 32.4 Å². The standard InChI is InChI=1S/C33H31F3O5S/c1-31-20-28(22-7-11-25(12-8-22)41-42(39,40)33(34,35)36)30-26-14-10-24(37)19-23(26)9-13-27(30)29(31)16-18-32(31,38)17-15-21-5-3-2-4-6-21/h2-8,11-12,19,27-29,38H,9-10,13-14,16,18,20H2,1H3/t27-,28+,29-,31-,32-/m0/s1. The molecule has 9 heteroatoms. The SMILES string of the molecule is C[C@]12C[C@H](c3ccc(OS(=O)(=O)C(F)(F)F)cc3)C3=C4CCC(=O)C=C4CC[C@H]3[C@@H]1CC[C@@]2(O)C#Cc1ccccc1. The first-order chi connectivity index (χ1) is 19.8. The van der Waals surface area contributed by atoms with E-state index in [-0.39, 0.29) is 23.5 Å².